The van der Waals surface area contributed by atoms with Crippen molar-refractivity contribution >= 4 is 18.4 Å². The number of hydrogen-bond acceptors (Lipinski definition) is 3. The molecule has 0 N–H and O–H groups in total. The van der Waals surface area contributed by atoms with Crippen LogP contribution in [-0.4, -0.2) is 22.5 Å². The summed E-state index contributed by atoms with van der Waals surface area (Å²) in [6.45, 7) is 7.41. The third-order valence-electron chi connectivity index (χ3n) is 0.831. The van der Waals surface area contributed by atoms with Crippen molar-refractivity contribution in [1.82, 2.24) is 0 Å². The van der Waals surface area contributed by atoms with Gasteiger partial charge in [0.05, 0.1) is 5.75 Å². The molecule has 12 heavy (non-hydrogen) atoms. The molecule has 0 fully saturated rings. The van der Waals surface area contributed by atoms with Gasteiger partial charge in [0.1, 0.15) is 0 Å². The van der Waals surface area contributed by atoms with Gasteiger partial charge in [0.25, 0.3) is 10.1 Å². The summed E-state index contributed by atoms with van der Waals surface area (Å²) >= 11 is 0. The Labute approximate surface area is 99.9 Å². The van der Waals surface area contributed by atoms with Crippen molar-refractivity contribution in [3.05, 3.63) is 0 Å². The van der Waals surface area contributed by atoms with Gasteiger partial charge in [0, 0.05) is 0 Å². The predicted octanol–water partition coefficient (Wildman–Crippen LogP) is -1.31. The molecule has 70 valence electrons. The van der Waals surface area contributed by atoms with Gasteiger partial charge in [-0.05, 0) is 26.1 Å². The van der Waals surface area contributed by atoms with Crippen molar-refractivity contribution in [3.8, 4) is 0 Å². The zero-order valence-electron chi connectivity index (χ0n) is 9.55. The minimum atomic E-state index is -3.23. The fraction of sp³-hybridized carbons (Fsp3) is 1.00. The van der Waals surface area contributed by atoms with Gasteiger partial charge in [-0.15, -0.1) is 0 Å². The summed E-state index contributed by atoms with van der Waals surface area (Å²) in [7, 11) is -5.15. The van der Waals surface area contributed by atoms with E-state index in [9.17, 15) is 8.42 Å². The largest absolute Gasteiger partial charge is 1.00 e. The maximum atomic E-state index is 11.1. The van der Waals surface area contributed by atoms with Crippen LogP contribution in [0.15, 0.2) is 0 Å². The second kappa shape index (κ2) is 5.77. The van der Waals surface area contributed by atoms with Crippen molar-refractivity contribution in [1.29, 1.82) is 0 Å². The van der Waals surface area contributed by atoms with E-state index in [0.29, 0.717) is 6.42 Å². The SMILES string of the molecule is CCCS(=O)(=O)O[Si](C)(C)C.[H-].[Na+]. The van der Waals surface area contributed by atoms with Crippen LogP contribution in [0.25, 0.3) is 0 Å². The standard InChI is InChI=1S/C6H16O3SSi.Na.H/c1-5-6-10(7,8)9-11(2,3)4;;/h5-6H2,1-4H3;;/q;+1;-1. The Kier molecular flexibility index (Phi) is 7.50. The molecule has 3 nitrogen and oxygen atoms in total. The quantitative estimate of drug-likeness (QED) is 0.553. The van der Waals surface area contributed by atoms with Crippen LogP contribution in [0.5, 0.6) is 0 Å². The van der Waals surface area contributed by atoms with E-state index >= 15 is 0 Å². The molecular formula is C6H17NaO3SSi. The second-order valence-electron chi connectivity index (χ2n) is 3.46. The Hall–Kier alpha value is 1.13. The molecular weight excluding hydrogens is 203 g/mol. The van der Waals surface area contributed by atoms with Crippen molar-refractivity contribution in [2.45, 2.75) is 33.0 Å². The summed E-state index contributed by atoms with van der Waals surface area (Å²) in [5, 5.41) is 0. The molecule has 0 heterocycles. The van der Waals surface area contributed by atoms with E-state index in [1.165, 1.54) is 0 Å². The van der Waals surface area contributed by atoms with Crippen molar-refractivity contribution in [2.75, 3.05) is 5.75 Å². The van der Waals surface area contributed by atoms with Gasteiger partial charge in [-0.3, -0.25) is 0 Å². The van der Waals surface area contributed by atoms with Gasteiger partial charge in [-0.1, -0.05) is 6.92 Å². The molecule has 0 aliphatic heterocycles. The van der Waals surface area contributed by atoms with Crippen molar-refractivity contribution in [3.63, 3.8) is 0 Å². The number of hydrogen-bond donors (Lipinski definition) is 0. The predicted molar refractivity (Wildman–Crippen MR) is 49.6 cm³/mol. The first-order valence-electron chi connectivity index (χ1n) is 3.70. The monoisotopic (exact) mass is 220 g/mol. The van der Waals surface area contributed by atoms with Crippen LogP contribution in [0, 0.1) is 0 Å². The fourth-order valence-corrected chi connectivity index (χ4v) is 4.55. The summed E-state index contributed by atoms with van der Waals surface area (Å²) in [6.07, 6.45) is 0.618. The maximum Gasteiger partial charge on any atom is 1.00 e. The fourth-order valence-electron chi connectivity index (χ4n) is 0.673. The van der Waals surface area contributed by atoms with E-state index in [0.717, 1.165) is 0 Å². The van der Waals surface area contributed by atoms with Crippen LogP contribution < -0.4 is 29.6 Å². The van der Waals surface area contributed by atoms with Gasteiger partial charge >= 0.3 is 29.6 Å². The topological polar surface area (TPSA) is 43.4 Å². The molecule has 0 aliphatic carbocycles. The van der Waals surface area contributed by atoms with Crippen LogP contribution in [0.2, 0.25) is 19.6 Å². The Balaban J connectivity index is -0.000000500. The molecule has 0 unspecified atom stereocenters. The summed E-state index contributed by atoms with van der Waals surface area (Å²) in [6, 6.07) is 0. The second-order valence-corrected chi connectivity index (χ2v) is 9.87. The molecule has 0 amide bonds. The van der Waals surface area contributed by atoms with Crippen LogP contribution in [0.3, 0.4) is 0 Å². The van der Waals surface area contributed by atoms with E-state index in [1.807, 2.05) is 26.6 Å². The summed E-state index contributed by atoms with van der Waals surface area (Å²) < 4.78 is 27.1. The first-order valence-corrected chi connectivity index (χ1v) is 8.69. The molecule has 0 rings (SSSR count). The molecule has 0 aromatic carbocycles. The van der Waals surface area contributed by atoms with E-state index in [2.05, 4.69) is 0 Å². The van der Waals surface area contributed by atoms with Gasteiger partial charge < -0.3 is 5.30 Å². The van der Waals surface area contributed by atoms with Gasteiger partial charge in [-0.2, -0.15) is 0 Å². The molecule has 0 saturated heterocycles. The zero-order valence-corrected chi connectivity index (χ0v) is 12.4. The molecule has 6 heteroatoms. The molecule has 0 saturated carbocycles. The molecule has 0 aliphatic rings. The van der Waals surface area contributed by atoms with Crippen molar-refractivity contribution in [2.24, 2.45) is 0 Å². The molecule has 0 aromatic rings. The first-order chi connectivity index (χ1) is 4.77. The minimum absolute atomic E-state index is 0. The van der Waals surface area contributed by atoms with E-state index < -0.39 is 18.4 Å². The summed E-state index contributed by atoms with van der Waals surface area (Å²) in [4.78, 5) is 0. The first kappa shape index (κ1) is 15.6. The Bertz CT molecular complexity index is 212. The summed E-state index contributed by atoms with van der Waals surface area (Å²) in [5.74, 6) is 0.136. The zero-order chi connectivity index (χ0) is 9.12. The molecule has 0 atom stereocenters. The van der Waals surface area contributed by atoms with E-state index in [-0.39, 0.29) is 36.7 Å². The average molecular weight is 220 g/mol. The summed E-state index contributed by atoms with van der Waals surface area (Å²) in [5.41, 5.74) is 0. The Morgan fingerprint density at radius 1 is 1.33 bits per heavy atom. The minimum Gasteiger partial charge on any atom is -1.00 e. The molecule has 0 radical (unpaired) electrons. The average Bonchev–Trinajstić information content (AvgIpc) is 1.55. The van der Waals surface area contributed by atoms with E-state index in [4.69, 9.17) is 3.87 Å². The molecule has 0 aromatic heterocycles. The Morgan fingerprint density at radius 3 is 2.00 bits per heavy atom. The van der Waals surface area contributed by atoms with E-state index in [1.54, 1.807) is 0 Å². The Morgan fingerprint density at radius 2 is 1.75 bits per heavy atom. The van der Waals surface area contributed by atoms with Gasteiger partial charge in [0.2, 0.25) is 8.32 Å². The third-order valence-corrected chi connectivity index (χ3v) is 4.76. The van der Waals surface area contributed by atoms with Crippen LogP contribution in [0.4, 0.5) is 0 Å². The van der Waals surface area contributed by atoms with Crippen LogP contribution in [-0.2, 0) is 14.0 Å². The number of rotatable bonds is 4. The van der Waals surface area contributed by atoms with Gasteiger partial charge in [0.15, 0.2) is 0 Å². The van der Waals surface area contributed by atoms with Crippen molar-refractivity contribution < 1.29 is 43.3 Å². The van der Waals surface area contributed by atoms with Gasteiger partial charge in [-0.25, -0.2) is 8.42 Å². The van der Waals surface area contributed by atoms with Crippen LogP contribution >= 0.6 is 0 Å². The normalized spacial score (nSPS) is 12.3. The van der Waals surface area contributed by atoms with Crippen LogP contribution in [0.1, 0.15) is 14.8 Å². The molecule has 0 spiro atoms. The maximum absolute atomic E-state index is 11.1. The molecule has 0 bridgehead atoms. The third kappa shape index (κ3) is 9.22. The smallest absolute Gasteiger partial charge is 1.00 e.